The Morgan fingerprint density at radius 1 is 1.39 bits per heavy atom. The molecule has 0 spiro atoms. The lowest BCUT2D eigenvalue weighted by Crippen LogP contribution is -2.39. The third-order valence-corrected chi connectivity index (χ3v) is 6.07. The Labute approximate surface area is 166 Å². The van der Waals surface area contributed by atoms with Crippen molar-refractivity contribution >= 4 is 28.3 Å². The van der Waals surface area contributed by atoms with Crippen molar-refractivity contribution in [3.63, 3.8) is 0 Å². The molecule has 28 heavy (non-hydrogen) atoms. The molecule has 9 heteroatoms. The monoisotopic (exact) mass is 403 g/mol. The molecule has 148 valence electrons. The topological polar surface area (TPSA) is 100 Å². The maximum Gasteiger partial charge on any atom is 0.410 e. The van der Waals surface area contributed by atoms with Crippen molar-refractivity contribution in [1.82, 2.24) is 10.2 Å². The first-order chi connectivity index (χ1) is 13.5. The van der Waals surface area contributed by atoms with Gasteiger partial charge < -0.3 is 30.1 Å². The van der Waals surface area contributed by atoms with E-state index in [1.807, 2.05) is 0 Å². The first-order valence-electron chi connectivity index (χ1n) is 9.03. The van der Waals surface area contributed by atoms with Crippen LogP contribution in [0.5, 0.6) is 11.5 Å². The van der Waals surface area contributed by atoms with Crippen LogP contribution in [0.15, 0.2) is 18.2 Å². The molecule has 0 saturated heterocycles. The molecule has 1 aromatic heterocycles. The van der Waals surface area contributed by atoms with Gasteiger partial charge >= 0.3 is 6.09 Å². The number of para-hydroxylation sites is 1. The molecule has 3 N–H and O–H groups in total. The van der Waals surface area contributed by atoms with E-state index in [0.29, 0.717) is 43.0 Å². The SMILES string of the molecule is CCOC(=O)N1CCc2c(sc3c2C(=O)N[C@H](c2cccc(OC)c2O)N3)C1. The highest BCUT2D eigenvalue weighted by atomic mass is 32.1. The van der Waals surface area contributed by atoms with E-state index >= 15 is 0 Å². The summed E-state index contributed by atoms with van der Waals surface area (Å²) in [7, 11) is 1.48. The molecule has 0 fully saturated rings. The Balaban J connectivity index is 1.62. The van der Waals surface area contributed by atoms with Crippen LogP contribution in [0.2, 0.25) is 0 Å². The molecule has 0 saturated carbocycles. The van der Waals surface area contributed by atoms with Crippen molar-refractivity contribution < 1.29 is 24.2 Å². The number of benzene rings is 1. The van der Waals surface area contributed by atoms with Gasteiger partial charge in [0.25, 0.3) is 5.91 Å². The molecule has 0 unspecified atom stereocenters. The molecule has 2 aromatic rings. The van der Waals surface area contributed by atoms with E-state index in [9.17, 15) is 14.7 Å². The van der Waals surface area contributed by atoms with Crippen LogP contribution < -0.4 is 15.4 Å². The van der Waals surface area contributed by atoms with Gasteiger partial charge in [-0.1, -0.05) is 12.1 Å². The molecular formula is C19H21N3O5S. The summed E-state index contributed by atoms with van der Waals surface area (Å²) in [6.45, 7) is 3.05. The third kappa shape index (κ3) is 3.01. The number of hydrogen-bond acceptors (Lipinski definition) is 7. The van der Waals surface area contributed by atoms with Gasteiger partial charge in [0.1, 0.15) is 11.2 Å². The normalized spacial score (nSPS) is 17.9. The highest BCUT2D eigenvalue weighted by Gasteiger charge is 2.35. The molecule has 0 radical (unpaired) electrons. The Bertz CT molecular complexity index is 942. The smallest absolute Gasteiger partial charge is 0.410 e. The van der Waals surface area contributed by atoms with Crippen LogP contribution in [0, 0.1) is 0 Å². The second kappa shape index (κ2) is 7.23. The first-order valence-corrected chi connectivity index (χ1v) is 9.84. The average molecular weight is 403 g/mol. The summed E-state index contributed by atoms with van der Waals surface area (Å²) in [6.07, 6.45) is -0.308. The van der Waals surface area contributed by atoms with Crippen molar-refractivity contribution in [2.24, 2.45) is 0 Å². The fourth-order valence-corrected chi connectivity index (χ4v) is 4.87. The van der Waals surface area contributed by atoms with Crippen molar-refractivity contribution in [2.75, 3.05) is 25.6 Å². The Kier molecular flexibility index (Phi) is 4.76. The number of phenols is 1. The number of anilines is 1. The number of amides is 2. The molecule has 8 nitrogen and oxygen atoms in total. The third-order valence-electron chi connectivity index (χ3n) is 4.92. The first kappa shape index (κ1) is 18.4. The van der Waals surface area contributed by atoms with E-state index in [0.717, 1.165) is 15.4 Å². The van der Waals surface area contributed by atoms with E-state index in [1.54, 1.807) is 30.0 Å². The van der Waals surface area contributed by atoms with Gasteiger partial charge in [-0.25, -0.2) is 4.79 Å². The van der Waals surface area contributed by atoms with Crippen LogP contribution in [-0.4, -0.2) is 42.3 Å². The Hall–Kier alpha value is -2.94. The van der Waals surface area contributed by atoms with E-state index in [4.69, 9.17) is 9.47 Å². The molecular weight excluding hydrogens is 382 g/mol. The number of fused-ring (bicyclic) bond motifs is 3. The fraction of sp³-hybridized carbons (Fsp3) is 0.368. The second-order valence-electron chi connectivity index (χ2n) is 6.53. The lowest BCUT2D eigenvalue weighted by Gasteiger charge is -2.28. The lowest BCUT2D eigenvalue weighted by molar-refractivity contribution is 0.0933. The summed E-state index contributed by atoms with van der Waals surface area (Å²) >= 11 is 1.46. The van der Waals surface area contributed by atoms with Crippen LogP contribution in [0.1, 0.15) is 39.5 Å². The molecule has 3 heterocycles. The number of thiophene rings is 1. The molecule has 4 rings (SSSR count). The van der Waals surface area contributed by atoms with Gasteiger partial charge in [0.15, 0.2) is 11.5 Å². The molecule has 0 bridgehead atoms. The van der Waals surface area contributed by atoms with E-state index < -0.39 is 6.17 Å². The van der Waals surface area contributed by atoms with Crippen molar-refractivity contribution in [3.05, 3.63) is 39.8 Å². The van der Waals surface area contributed by atoms with Gasteiger partial charge in [-0.05, 0) is 25.0 Å². The lowest BCUT2D eigenvalue weighted by atomic mass is 10.0. The van der Waals surface area contributed by atoms with E-state index in [2.05, 4.69) is 10.6 Å². The van der Waals surface area contributed by atoms with Crippen molar-refractivity contribution in [3.8, 4) is 11.5 Å². The number of ether oxygens (including phenoxy) is 2. The van der Waals surface area contributed by atoms with Gasteiger partial charge in [0.05, 0.1) is 25.8 Å². The Morgan fingerprint density at radius 2 is 2.21 bits per heavy atom. The molecule has 2 aliphatic rings. The van der Waals surface area contributed by atoms with Gasteiger partial charge in [-0.3, -0.25) is 4.79 Å². The van der Waals surface area contributed by atoms with Crippen LogP contribution in [0.25, 0.3) is 0 Å². The number of phenolic OH excluding ortho intramolecular Hbond substituents is 1. The number of rotatable bonds is 3. The maximum atomic E-state index is 12.8. The minimum absolute atomic E-state index is 0.0129. The van der Waals surface area contributed by atoms with Gasteiger partial charge in [0, 0.05) is 17.0 Å². The maximum absolute atomic E-state index is 12.8. The molecule has 2 aliphatic heterocycles. The number of carbonyl (C=O) groups excluding carboxylic acids is 2. The largest absolute Gasteiger partial charge is 0.504 e. The zero-order valence-electron chi connectivity index (χ0n) is 15.6. The molecule has 2 amide bonds. The minimum Gasteiger partial charge on any atom is -0.504 e. The standard InChI is InChI=1S/C19H21N3O5S/c1-3-27-19(25)22-8-7-10-13(9-22)28-18-14(10)17(24)20-16(21-18)11-5-4-6-12(26-2)15(11)23/h4-6,16,21,23H,3,7-9H2,1-2H3,(H,20,24)/t16-/m0/s1. The zero-order valence-corrected chi connectivity index (χ0v) is 16.4. The van der Waals surface area contributed by atoms with E-state index in [1.165, 1.54) is 18.4 Å². The molecule has 0 aliphatic carbocycles. The predicted octanol–water partition coefficient (Wildman–Crippen LogP) is 2.83. The number of nitrogens with zero attached hydrogens (tertiary/aromatic N) is 1. The molecule has 1 aromatic carbocycles. The zero-order chi connectivity index (χ0) is 19.8. The van der Waals surface area contributed by atoms with Crippen molar-refractivity contribution in [2.45, 2.75) is 26.1 Å². The number of aromatic hydroxyl groups is 1. The number of hydrogen-bond donors (Lipinski definition) is 3. The molecule has 1 atom stereocenters. The average Bonchev–Trinajstić information content (AvgIpc) is 3.06. The summed E-state index contributed by atoms with van der Waals surface area (Å²) in [5.41, 5.74) is 2.12. The van der Waals surface area contributed by atoms with E-state index in [-0.39, 0.29) is 17.7 Å². The van der Waals surface area contributed by atoms with Crippen LogP contribution in [0.3, 0.4) is 0 Å². The summed E-state index contributed by atoms with van der Waals surface area (Å²) in [5.74, 6) is 0.138. The summed E-state index contributed by atoms with van der Waals surface area (Å²) in [6, 6.07) is 5.15. The van der Waals surface area contributed by atoms with Crippen LogP contribution in [0.4, 0.5) is 9.80 Å². The number of nitrogens with one attached hydrogen (secondary N) is 2. The highest BCUT2D eigenvalue weighted by molar-refractivity contribution is 7.16. The quantitative estimate of drug-likeness (QED) is 0.729. The van der Waals surface area contributed by atoms with Gasteiger partial charge in [-0.15, -0.1) is 11.3 Å². The van der Waals surface area contributed by atoms with Crippen molar-refractivity contribution in [1.29, 1.82) is 0 Å². The summed E-state index contributed by atoms with van der Waals surface area (Å²) in [4.78, 5) is 27.5. The highest BCUT2D eigenvalue weighted by Crippen LogP contribution is 2.42. The second-order valence-corrected chi connectivity index (χ2v) is 7.63. The van der Waals surface area contributed by atoms with Crippen LogP contribution in [-0.2, 0) is 17.7 Å². The minimum atomic E-state index is -0.573. The van der Waals surface area contributed by atoms with Crippen LogP contribution >= 0.6 is 11.3 Å². The van der Waals surface area contributed by atoms with Gasteiger partial charge in [-0.2, -0.15) is 0 Å². The predicted molar refractivity (Wildman–Crippen MR) is 104 cm³/mol. The summed E-state index contributed by atoms with van der Waals surface area (Å²) < 4.78 is 10.2. The van der Waals surface area contributed by atoms with Gasteiger partial charge in [0.2, 0.25) is 0 Å². The summed E-state index contributed by atoms with van der Waals surface area (Å²) in [5, 5.41) is 17.4. The Morgan fingerprint density at radius 3 is 2.96 bits per heavy atom. The number of carbonyl (C=O) groups is 2. The fourth-order valence-electron chi connectivity index (χ4n) is 3.58. The number of methoxy groups -OCH3 is 1.